The summed E-state index contributed by atoms with van der Waals surface area (Å²) in [6, 6.07) is 11.3. The van der Waals surface area contributed by atoms with Gasteiger partial charge in [-0.1, -0.05) is 11.6 Å². The summed E-state index contributed by atoms with van der Waals surface area (Å²) in [5.41, 5.74) is 0.763. The van der Waals surface area contributed by atoms with E-state index in [9.17, 15) is 13.2 Å². The maximum absolute atomic E-state index is 12.9. The molecule has 2 heterocycles. The molecule has 0 radical (unpaired) electrons. The Bertz CT molecular complexity index is 1210. The first-order valence-electron chi connectivity index (χ1n) is 9.29. The van der Waals surface area contributed by atoms with Crippen LogP contribution in [0, 0.1) is 0 Å². The number of nitrogens with one attached hydrogen (secondary N) is 2. The number of methoxy groups -OCH3 is 1. The number of anilines is 1. The molecular weight excluding hydrogens is 444 g/mol. The van der Waals surface area contributed by atoms with Crippen LogP contribution in [-0.4, -0.2) is 50.5 Å². The van der Waals surface area contributed by atoms with Crippen LogP contribution >= 0.6 is 11.6 Å². The van der Waals surface area contributed by atoms with Gasteiger partial charge in [0.1, 0.15) is 16.7 Å². The Morgan fingerprint density at radius 2 is 1.97 bits per heavy atom. The number of aromatic nitrogens is 2. The molecule has 0 aliphatic carbocycles. The molecule has 0 atom stereocenters. The van der Waals surface area contributed by atoms with Gasteiger partial charge in [-0.2, -0.15) is 5.10 Å². The number of nitrogens with zero attached hydrogens (tertiary/aromatic N) is 2. The number of hydrogen-bond donors (Lipinski definition) is 2. The predicted molar refractivity (Wildman–Crippen MR) is 114 cm³/mol. The molecule has 2 aromatic carbocycles. The lowest BCUT2D eigenvalue weighted by atomic mass is 10.1. The number of rotatable bonds is 7. The maximum Gasteiger partial charge on any atom is 0.340 e. The third-order valence-electron chi connectivity index (χ3n) is 4.65. The van der Waals surface area contributed by atoms with Crippen molar-refractivity contribution in [1.29, 1.82) is 0 Å². The minimum atomic E-state index is -4.02. The van der Waals surface area contributed by atoms with Crippen molar-refractivity contribution in [2.45, 2.75) is 11.0 Å². The average molecular weight is 463 g/mol. The van der Waals surface area contributed by atoms with Gasteiger partial charge in [0.25, 0.3) is 10.0 Å². The molecule has 11 heteroatoms. The number of ether oxygens (including phenoxy) is 2. The Labute approximate surface area is 184 Å². The molecule has 0 bridgehead atoms. The minimum absolute atomic E-state index is 0.00625. The summed E-state index contributed by atoms with van der Waals surface area (Å²) in [5.74, 6) is -0.239. The van der Waals surface area contributed by atoms with Crippen LogP contribution in [0.15, 0.2) is 59.8 Å². The van der Waals surface area contributed by atoms with E-state index in [-0.39, 0.29) is 22.3 Å². The molecule has 1 fully saturated rings. The summed E-state index contributed by atoms with van der Waals surface area (Å²) in [6.07, 6.45) is 2.59. The van der Waals surface area contributed by atoms with Crippen LogP contribution in [0.25, 0.3) is 5.69 Å². The van der Waals surface area contributed by atoms with E-state index in [0.717, 1.165) is 0 Å². The molecule has 0 saturated carbocycles. The maximum atomic E-state index is 12.9. The smallest absolute Gasteiger partial charge is 0.340 e. The highest BCUT2D eigenvalue weighted by molar-refractivity contribution is 7.92. The Morgan fingerprint density at radius 1 is 1.23 bits per heavy atom. The average Bonchev–Trinajstić information content (AvgIpc) is 3.22. The second-order valence-electron chi connectivity index (χ2n) is 6.80. The zero-order valence-corrected chi connectivity index (χ0v) is 18.0. The van der Waals surface area contributed by atoms with Crippen LogP contribution in [-0.2, 0) is 14.8 Å². The Kier molecular flexibility index (Phi) is 5.86. The van der Waals surface area contributed by atoms with Crippen molar-refractivity contribution < 1.29 is 22.7 Å². The molecule has 2 N–H and O–H groups in total. The van der Waals surface area contributed by atoms with Gasteiger partial charge in [0.05, 0.1) is 36.4 Å². The van der Waals surface area contributed by atoms with Gasteiger partial charge >= 0.3 is 5.97 Å². The number of sulfonamides is 1. The van der Waals surface area contributed by atoms with Gasteiger partial charge in [0, 0.05) is 18.1 Å². The van der Waals surface area contributed by atoms with E-state index in [4.69, 9.17) is 21.1 Å². The van der Waals surface area contributed by atoms with Gasteiger partial charge in [0.15, 0.2) is 0 Å². The summed E-state index contributed by atoms with van der Waals surface area (Å²) in [4.78, 5) is 12.2. The Balaban J connectivity index is 1.59. The van der Waals surface area contributed by atoms with Gasteiger partial charge in [-0.05, 0) is 42.5 Å². The highest BCUT2D eigenvalue weighted by Crippen LogP contribution is 2.27. The predicted octanol–water partition coefficient (Wildman–Crippen LogP) is 2.46. The summed E-state index contributed by atoms with van der Waals surface area (Å²) in [7, 11) is -2.80. The van der Waals surface area contributed by atoms with Crippen molar-refractivity contribution in [3.05, 3.63) is 65.4 Å². The molecule has 1 aliphatic heterocycles. The van der Waals surface area contributed by atoms with Crippen molar-refractivity contribution in [2.24, 2.45) is 0 Å². The summed E-state index contributed by atoms with van der Waals surface area (Å²) < 4.78 is 40.2. The van der Waals surface area contributed by atoms with E-state index in [1.165, 1.54) is 36.3 Å². The largest absolute Gasteiger partial charge is 0.488 e. The van der Waals surface area contributed by atoms with Crippen molar-refractivity contribution in [3.63, 3.8) is 0 Å². The zero-order valence-electron chi connectivity index (χ0n) is 16.4. The first-order chi connectivity index (χ1) is 14.9. The molecule has 0 amide bonds. The molecule has 0 unspecified atom stereocenters. The molecular formula is C20H19ClN4O5S. The van der Waals surface area contributed by atoms with E-state index in [1.54, 1.807) is 30.3 Å². The molecule has 9 nitrogen and oxygen atoms in total. The summed E-state index contributed by atoms with van der Waals surface area (Å²) in [6.45, 7) is 1.42. The molecule has 3 aromatic rings. The monoisotopic (exact) mass is 462 g/mol. The fourth-order valence-corrected chi connectivity index (χ4v) is 4.02. The lowest BCUT2D eigenvalue weighted by Gasteiger charge is -2.28. The van der Waals surface area contributed by atoms with Gasteiger partial charge < -0.3 is 14.8 Å². The second kappa shape index (κ2) is 8.58. The topological polar surface area (TPSA) is 112 Å². The number of halogens is 1. The van der Waals surface area contributed by atoms with Gasteiger partial charge in [-0.3, -0.25) is 4.72 Å². The van der Waals surface area contributed by atoms with Crippen molar-refractivity contribution in [2.75, 3.05) is 24.9 Å². The number of esters is 1. The minimum Gasteiger partial charge on any atom is -0.488 e. The number of benzene rings is 2. The number of carbonyl (C=O) groups excluding carboxylic acids is 1. The van der Waals surface area contributed by atoms with E-state index >= 15 is 0 Å². The normalized spacial score (nSPS) is 14.0. The van der Waals surface area contributed by atoms with Crippen LogP contribution in [0.1, 0.15) is 10.4 Å². The van der Waals surface area contributed by atoms with Crippen molar-refractivity contribution in [3.8, 4) is 11.4 Å². The van der Waals surface area contributed by atoms with Crippen LogP contribution in [0.2, 0.25) is 5.02 Å². The third kappa shape index (κ3) is 4.66. The van der Waals surface area contributed by atoms with E-state index < -0.39 is 16.0 Å². The Hall–Kier alpha value is -3.08. The van der Waals surface area contributed by atoms with E-state index in [0.29, 0.717) is 29.5 Å². The molecule has 162 valence electrons. The lowest BCUT2D eigenvalue weighted by Crippen LogP contribution is -2.50. The molecule has 1 aromatic heterocycles. The molecule has 31 heavy (non-hydrogen) atoms. The third-order valence-corrected chi connectivity index (χ3v) is 6.22. The number of carbonyl (C=O) groups is 1. The van der Waals surface area contributed by atoms with Crippen molar-refractivity contribution >= 4 is 33.3 Å². The SMILES string of the molecule is COC(=O)c1cc(OC2CNC2)ccc1NS(=O)(=O)c1cnn(-c2ccc(Cl)cc2)c1. The van der Waals surface area contributed by atoms with Crippen LogP contribution in [0.5, 0.6) is 5.75 Å². The van der Waals surface area contributed by atoms with Gasteiger partial charge in [-0.15, -0.1) is 0 Å². The summed E-state index contributed by atoms with van der Waals surface area (Å²) >= 11 is 5.88. The van der Waals surface area contributed by atoms with Gasteiger partial charge in [-0.25, -0.2) is 17.9 Å². The number of hydrogen-bond acceptors (Lipinski definition) is 7. The molecule has 1 saturated heterocycles. The van der Waals surface area contributed by atoms with Crippen LogP contribution in [0.4, 0.5) is 5.69 Å². The fourth-order valence-electron chi connectivity index (χ4n) is 2.89. The highest BCUT2D eigenvalue weighted by atomic mass is 35.5. The fraction of sp³-hybridized carbons (Fsp3) is 0.200. The van der Waals surface area contributed by atoms with E-state index in [1.807, 2.05) is 0 Å². The van der Waals surface area contributed by atoms with Gasteiger partial charge in [0.2, 0.25) is 0 Å². The molecule has 4 rings (SSSR count). The lowest BCUT2D eigenvalue weighted by molar-refractivity contribution is 0.0600. The van der Waals surface area contributed by atoms with Crippen LogP contribution < -0.4 is 14.8 Å². The zero-order chi connectivity index (χ0) is 22.0. The van der Waals surface area contributed by atoms with Crippen molar-refractivity contribution in [1.82, 2.24) is 15.1 Å². The molecule has 0 spiro atoms. The summed E-state index contributed by atoms with van der Waals surface area (Å²) in [5, 5.41) is 7.74. The highest BCUT2D eigenvalue weighted by Gasteiger charge is 2.23. The second-order valence-corrected chi connectivity index (χ2v) is 8.92. The standard InChI is InChI=1S/C20H19ClN4O5S/c1-29-20(26)18-8-15(30-16-9-22-10-16)6-7-19(18)24-31(27,28)17-11-23-25(12-17)14-4-2-13(21)3-5-14/h2-8,11-12,16,22,24H,9-10H2,1H3. The first-order valence-corrected chi connectivity index (χ1v) is 11.1. The first kappa shape index (κ1) is 21.2. The Morgan fingerprint density at radius 3 is 2.61 bits per heavy atom. The molecule has 1 aliphatic rings. The van der Waals surface area contributed by atoms with Crippen LogP contribution in [0.3, 0.4) is 0 Å². The van der Waals surface area contributed by atoms with E-state index in [2.05, 4.69) is 15.1 Å². The quantitative estimate of drug-likeness (QED) is 0.519.